The maximum Gasteiger partial charge on any atom is 0.303 e. The third kappa shape index (κ3) is 19.0. The van der Waals surface area contributed by atoms with Gasteiger partial charge in [0, 0.05) is 13.5 Å². The summed E-state index contributed by atoms with van der Waals surface area (Å²) in [5.74, 6) is -0.384. The fraction of sp³-hybridized carbons (Fsp3) is 0.762. The quantitative estimate of drug-likeness (QED) is 0.228. The van der Waals surface area contributed by atoms with E-state index in [1.807, 2.05) is 0 Å². The van der Waals surface area contributed by atoms with E-state index in [0.717, 1.165) is 19.3 Å². The van der Waals surface area contributed by atoms with Crippen molar-refractivity contribution in [1.82, 2.24) is 0 Å². The van der Waals surface area contributed by atoms with Crippen molar-refractivity contribution in [3.8, 4) is 0 Å². The maximum atomic E-state index is 10.8. The fourth-order valence-corrected chi connectivity index (χ4v) is 2.42. The minimum Gasteiger partial charge on any atom is -0.458 e. The van der Waals surface area contributed by atoms with Crippen LogP contribution >= 0.6 is 0 Å². The van der Waals surface area contributed by atoms with E-state index < -0.39 is 6.10 Å². The van der Waals surface area contributed by atoms with E-state index in [9.17, 15) is 4.79 Å². The zero-order valence-corrected chi connectivity index (χ0v) is 16.3. The highest BCUT2D eigenvalue weighted by molar-refractivity contribution is 5.66. The molecule has 0 aliphatic rings. The minimum absolute atomic E-state index is 0.191. The van der Waals surface area contributed by atoms with E-state index in [1.165, 1.54) is 51.9 Å². The Kier molecular flexibility index (Phi) is 18.3. The fourth-order valence-electron chi connectivity index (χ4n) is 2.42. The number of carbonyl (C=O) groups excluding carboxylic acids is 1. The van der Waals surface area contributed by atoms with Crippen LogP contribution in [0.1, 0.15) is 78.1 Å². The molecule has 0 bridgehead atoms. The highest BCUT2D eigenvalue weighted by Crippen LogP contribution is 2.08. The number of esters is 1. The van der Waals surface area contributed by atoms with Crippen LogP contribution in [0, 0.1) is 0 Å². The van der Waals surface area contributed by atoms with E-state index in [1.54, 1.807) is 0 Å². The van der Waals surface area contributed by atoms with Gasteiger partial charge in [-0.15, -0.1) is 0 Å². The largest absolute Gasteiger partial charge is 0.458 e. The first-order valence-electron chi connectivity index (χ1n) is 9.86. The van der Waals surface area contributed by atoms with Crippen LogP contribution in [-0.4, -0.2) is 37.0 Å². The minimum atomic E-state index is -0.535. The Morgan fingerprint density at radius 3 is 2.24 bits per heavy atom. The molecule has 0 radical (unpaired) electrons. The highest BCUT2D eigenvalue weighted by Gasteiger charge is 2.10. The van der Waals surface area contributed by atoms with Crippen molar-refractivity contribution in [3.05, 3.63) is 24.3 Å². The molecule has 25 heavy (non-hydrogen) atoms. The van der Waals surface area contributed by atoms with Crippen molar-refractivity contribution in [2.75, 3.05) is 19.8 Å². The first-order chi connectivity index (χ1) is 12.2. The Morgan fingerprint density at radius 2 is 1.60 bits per heavy atom. The van der Waals surface area contributed by atoms with Crippen LogP contribution in [-0.2, 0) is 14.3 Å². The molecule has 1 N–H and O–H groups in total. The zero-order chi connectivity index (χ0) is 18.6. The van der Waals surface area contributed by atoms with E-state index in [-0.39, 0.29) is 19.2 Å². The smallest absolute Gasteiger partial charge is 0.303 e. The average molecular weight is 355 g/mol. The first kappa shape index (κ1) is 23.9. The van der Waals surface area contributed by atoms with Crippen LogP contribution in [0.3, 0.4) is 0 Å². The molecule has 0 spiro atoms. The molecule has 0 aliphatic carbocycles. The molecule has 1 unspecified atom stereocenters. The molecular formula is C21H38O4. The second kappa shape index (κ2) is 19.2. The summed E-state index contributed by atoms with van der Waals surface area (Å²) >= 11 is 0. The van der Waals surface area contributed by atoms with Gasteiger partial charge < -0.3 is 14.6 Å². The molecule has 0 aliphatic heterocycles. The summed E-state index contributed by atoms with van der Waals surface area (Å²) in [6, 6.07) is 0. The van der Waals surface area contributed by atoms with Gasteiger partial charge in [-0.2, -0.15) is 0 Å². The van der Waals surface area contributed by atoms with E-state index in [0.29, 0.717) is 6.61 Å². The molecule has 0 fully saturated rings. The van der Waals surface area contributed by atoms with E-state index in [2.05, 4.69) is 31.2 Å². The lowest BCUT2D eigenvalue weighted by atomic mass is 10.1. The van der Waals surface area contributed by atoms with Gasteiger partial charge in [0.05, 0.1) is 13.2 Å². The van der Waals surface area contributed by atoms with Gasteiger partial charge >= 0.3 is 5.97 Å². The number of aliphatic hydroxyl groups excluding tert-OH is 1. The summed E-state index contributed by atoms with van der Waals surface area (Å²) in [6.45, 7) is 4.28. The summed E-state index contributed by atoms with van der Waals surface area (Å²) in [5, 5.41) is 9.04. The van der Waals surface area contributed by atoms with Crippen molar-refractivity contribution >= 4 is 5.97 Å². The molecule has 4 nitrogen and oxygen atoms in total. The lowest BCUT2D eigenvalue weighted by molar-refractivity contribution is -0.152. The highest BCUT2D eigenvalue weighted by atomic mass is 16.6. The summed E-state index contributed by atoms with van der Waals surface area (Å²) < 4.78 is 10.3. The molecule has 1 atom stereocenters. The number of hydrogen-bond donors (Lipinski definition) is 1. The van der Waals surface area contributed by atoms with Crippen molar-refractivity contribution in [3.63, 3.8) is 0 Å². The second-order valence-corrected chi connectivity index (χ2v) is 6.37. The predicted molar refractivity (Wildman–Crippen MR) is 104 cm³/mol. The summed E-state index contributed by atoms with van der Waals surface area (Å²) in [6.07, 6.45) is 20.4. The second-order valence-electron chi connectivity index (χ2n) is 6.37. The Labute approximate surface area is 154 Å². The lowest BCUT2D eigenvalue weighted by Gasteiger charge is -2.14. The van der Waals surface area contributed by atoms with E-state index in [4.69, 9.17) is 14.6 Å². The average Bonchev–Trinajstić information content (AvgIpc) is 2.60. The first-order valence-corrected chi connectivity index (χ1v) is 9.86. The standard InChI is InChI=1S/C21H38O4/c1-3-4-5-6-7-8-9-10-11-12-13-14-15-16-17-24-19-21(18-22)25-20(2)23/h5-6,8-9,21-22H,3-4,7,10-19H2,1-2H3/b6-5-,9-8-. The number of rotatable bonds is 17. The topological polar surface area (TPSA) is 55.8 Å². The van der Waals surface area contributed by atoms with Gasteiger partial charge in [0.1, 0.15) is 6.10 Å². The van der Waals surface area contributed by atoms with Crippen molar-refractivity contribution in [2.24, 2.45) is 0 Å². The van der Waals surface area contributed by atoms with Gasteiger partial charge in [0.15, 0.2) is 0 Å². The Bertz CT molecular complexity index is 350. The normalized spacial score (nSPS) is 12.9. The molecular weight excluding hydrogens is 316 g/mol. The summed E-state index contributed by atoms with van der Waals surface area (Å²) in [7, 11) is 0. The molecule has 4 heteroatoms. The van der Waals surface area contributed by atoms with Crippen LogP contribution in [0.5, 0.6) is 0 Å². The van der Waals surface area contributed by atoms with Crippen molar-refractivity contribution in [1.29, 1.82) is 0 Å². The van der Waals surface area contributed by atoms with Crippen molar-refractivity contribution < 1.29 is 19.4 Å². The predicted octanol–water partition coefficient (Wildman–Crippen LogP) is 4.96. The van der Waals surface area contributed by atoms with Crippen LogP contribution in [0.25, 0.3) is 0 Å². The number of allylic oxidation sites excluding steroid dienone is 4. The molecule has 0 heterocycles. The summed E-state index contributed by atoms with van der Waals surface area (Å²) in [5.41, 5.74) is 0. The zero-order valence-electron chi connectivity index (χ0n) is 16.3. The molecule has 0 saturated carbocycles. The number of unbranched alkanes of at least 4 members (excludes halogenated alkanes) is 7. The number of hydrogen-bond acceptors (Lipinski definition) is 4. The van der Waals surface area contributed by atoms with Crippen LogP contribution in [0.15, 0.2) is 24.3 Å². The number of aliphatic hydroxyl groups is 1. The van der Waals surface area contributed by atoms with Gasteiger partial charge in [-0.05, 0) is 32.1 Å². The van der Waals surface area contributed by atoms with Crippen LogP contribution in [0.2, 0.25) is 0 Å². The molecule has 0 aromatic carbocycles. The van der Waals surface area contributed by atoms with Crippen LogP contribution in [0.4, 0.5) is 0 Å². The Balaban J connectivity index is 3.28. The van der Waals surface area contributed by atoms with Crippen molar-refractivity contribution in [2.45, 2.75) is 84.2 Å². The number of ether oxygens (including phenoxy) is 2. The van der Waals surface area contributed by atoms with Crippen LogP contribution < -0.4 is 0 Å². The Hall–Kier alpha value is -1.13. The molecule has 0 saturated heterocycles. The third-order valence-electron chi connectivity index (χ3n) is 3.81. The van der Waals surface area contributed by atoms with Gasteiger partial charge in [-0.3, -0.25) is 4.79 Å². The van der Waals surface area contributed by atoms with Gasteiger partial charge in [-0.25, -0.2) is 0 Å². The van der Waals surface area contributed by atoms with Gasteiger partial charge in [0.2, 0.25) is 0 Å². The molecule has 0 aromatic heterocycles. The monoisotopic (exact) mass is 354 g/mol. The summed E-state index contributed by atoms with van der Waals surface area (Å²) in [4.78, 5) is 10.8. The molecule has 146 valence electrons. The molecule has 0 amide bonds. The SMILES string of the molecule is CCC/C=C\C/C=C\CCCCCCCCOCC(CO)OC(C)=O. The maximum absolute atomic E-state index is 10.8. The van der Waals surface area contributed by atoms with Gasteiger partial charge in [-0.1, -0.05) is 63.3 Å². The van der Waals surface area contributed by atoms with Gasteiger partial charge in [0.25, 0.3) is 0 Å². The lowest BCUT2D eigenvalue weighted by Crippen LogP contribution is -2.26. The number of carbonyl (C=O) groups is 1. The molecule has 0 aromatic rings. The Morgan fingerprint density at radius 1 is 0.960 bits per heavy atom. The third-order valence-corrected chi connectivity index (χ3v) is 3.81. The molecule has 0 rings (SSSR count). The van der Waals surface area contributed by atoms with E-state index >= 15 is 0 Å².